The van der Waals surface area contributed by atoms with Crippen molar-refractivity contribution in [3.8, 4) is 0 Å². The van der Waals surface area contributed by atoms with Gasteiger partial charge in [0, 0.05) is 63.5 Å². The number of piperazine rings is 1. The van der Waals surface area contributed by atoms with Crippen molar-refractivity contribution in [2.75, 3.05) is 50.7 Å². The highest BCUT2D eigenvalue weighted by Crippen LogP contribution is 2.57. The van der Waals surface area contributed by atoms with E-state index >= 15 is 4.39 Å². The van der Waals surface area contributed by atoms with Crippen LogP contribution in [0.25, 0.3) is 0 Å². The minimum Gasteiger partial charge on any atom is -0.444 e. The Morgan fingerprint density at radius 1 is 1.02 bits per heavy atom. The Morgan fingerprint density at radius 3 is 2.17 bits per heavy atom. The van der Waals surface area contributed by atoms with Crippen molar-refractivity contribution < 1.29 is 32.3 Å². The van der Waals surface area contributed by atoms with Crippen molar-refractivity contribution in [1.82, 2.24) is 15.1 Å². The third-order valence-corrected chi connectivity index (χ3v) is 8.76. The number of piperidine rings is 2. The van der Waals surface area contributed by atoms with Crippen LogP contribution in [-0.2, 0) is 14.3 Å². The summed E-state index contributed by atoms with van der Waals surface area (Å²) in [6.45, 7) is 9.17. The number of carbonyl (C=O) groups excluding carboxylic acids is 3. The highest BCUT2D eigenvalue weighted by Gasteiger charge is 2.56. The van der Waals surface area contributed by atoms with Gasteiger partial charge in [0.25, 0.3) is 0 Å². The lowest BCUT2D eigenvalue weighted by atomic mass is 9.56. The number of imide groups is 1. The number of alkyl halides is 1. The fraction of sp³-hybridized carbons (Fsp3) is 0.690. The van der Waals surface area contributed by atoms with Crippen LogP contribution in [0.1, 0.15) is 70.8 Å². The molecule has 1 saturated carbocycles. The van der Waals surface area contributed by atoms with E-state index in [1.807, 2.05) is 25.7 Å². The first-order chi connectivity index (χ1) is 18.7. The maximum Gasteiger partial charge on any atom is 0.410 e. The molecule has 0 bridgehead atoms. The van der Waals surface area contributed by atoms with Gasteiger partial charge in [-0.25, -0.2) is 18.0 Å². The summed E-state index contributed by atoms with van der Waals surface area (Å²) in [4.78, 5) is 41.5. The molecular formula is C29H39F3N4O4. The maximum atomic E-state index is 15.7. The van der Waals surface area contributed by atoms with Crippen LogP contribution in [0.15, 0.2) is 12.1 Å². The zero-order valence-corrected chi connectivity index (χ0v) is 23.5. The largest absolute Gasteiger partial charge is 0.444 e. The first kappa shape index (κ1) is 28.7. The standard InChI is InChI=1S/C29H39F3N4O4/c1-27(2,3)40-26(39)36-8-6-28(7-9-36)16-29(32,17-28)18-34-10-12-35(13-11-34)19-14-21(30)24(22(31)15-19)20-4-5-23(37)33-25(20)38/h14-15,20H,4-13,16-18H2,1-3H3,(H,33,37,38). The topological polar surface area (TPSA) is 82.2 Å². The summed E-state index contributed by atoms with van der Waals surface area (Å²) in [5.74, 6) is -3.74. The van der Waals surface area contributed by atoms with Gasteiger partial charge in [-0.15, -0.1) is 0 Å². The molecule has 4 aliphatic rings. The highest BCUT2D eigenvalue weighted by molar-refractivity contribution is 6.01. The van der Waals surface area contributed by atoms with Crippen molar-refractivity contribution in [3.63, 3.8) is 0 Å². The number of anilines is 1. The van der Waals surface area contributed by atoms with E-state index in [0.717, 1.165) is 12.8 Å². The van der Waals surface area contributed by atoms with Crippen LogP contribution < -0.4 is 10.2 Å². The molecule has 1 N–H and O–H groups in total. The number of halogens is 3. The van der Waals surface area contributed by atoms with Crippen LogP contribution in [0.2, 0.25) is 0 Å². The van der Waals surface area contributed by atoms with Gasteiger partial charge >= 0.3 is 6.09 Å². The minimum atomic E-state index is -1.27. The molecule has 3 amide bonds. The smallest absolute Gasteiger partial charge is 0.410 e. The van der Waals surface area contributed by atoms with Gasteiger partial charge in [0.1, 0.15) is 22.9 Å². The number of carbonyl (C=O) groups is 3. The quantitative estimate of drug-likeness (QED) is 0.554. The zero-order chi connectivity index (χ0) is 28.9. The molecule has 0 radical (unpaired) electrons. The Hall–Kier alpha value is -2.82. The van der Waals surface area contributed by atoms with E-state index in [-0.39, 0.29) is 29.9 Å². The summed E-state index contributed by atoms with van der Waals surface area (Å²) < 4.78 is 51.1. The second kappa shape index (κ2) is 10.5. The van der Waals surface area contributed by atoms with E-state index in [4.69, 9.17) is 4.74 Å². The van der Waals surface area contributed by atoms with Crippen LogP contribution in [0.5, 0.6) is 0 Å². The average Bonchev–Trinajstić information content (AvgIpc) is 2.83. The molecule has 1 aromatic carbocycles. The molecule has 4 fully saturated rings. The number of benzene rings is 1. The lowest BCUT2D eigenvalue weighted by Crippen LogP contribution is -2.60. The molecule has 0 aromatic heterocycles. The normalized spacial score (nSPS) is 25.0. The van der Waals surface area contributed by atoms with E-state index in [1.54, 1.807) is 4.90 Å². The van der Waals surface area contributed by atoms with Crippen molar-refractivity contribution in [2.24, 2.45) is 5.41 Å². The van der Waals surface area contributed by atoms with Gasteiger partial charge in [0.05, 0.1) is 5.92 Å². The van der Waals surface area contributed by atoms with Gasteiger partial charge in [-0.05, 0) is 70.4 Å². The molecule has 1 aliphatic carbocycles. The summed E-state index contributed by atoms with van der Waals surface area (Å²) in [7, 11) is 0. The van der Waals surface area contributed by atoms with E-state index in [0.29, 0.717) is 64.3 Å². The van der Waals surface area contributed by atoms with Gasteiger partial charge in [0.15, 0.2) is 0 Å². The van der Waals surface area contributed by atoms with Crippen LogP contribution >= 0.6 is 0 Å². The molecule has 1 unspecified atom stereocenters. The van der Waals surface area contributed by atoms with Gasteiger partial charge in [-0.2, -0.15) is 0 Å². The third-order valence-electron chi connectivity index (χ3n) is 8.76. The minimum absolute atomic E-state index is 0.0424. The lowest BCUT2D eigenvalue weighted by Gasteiger charge is -2.56. The van der Waals surface area contributed by atoms with Crippen molar-refractivity contribution in [3.05, 3.63) is 29.3 Å². The third kappa shape index (κ3) is 6.09. The second-order valence-corrected chi connectivity index (χ2v) is 13.1. The first-order valence-electron chi connectivity index (χ1n) is 14.2. The van der Waals surface area contributed by atoms with Crippen molar-refractivity contribution in [1.29, 1.82) is 0 Å². The monoisotopic (exact) mass is 564 g/mol. The summed E-state index contributed by atoms with van der Waals surface area (Å²) >= 11 is 0. The molecule has 5 rings (SSSR count). The van der Waals surface area contributed by atoms with Crippen LogP contribution in [0.4, 0.5) is 23.7 Å². The molecule has 220 valence electrons. The predicted octanol–water partition coefficient (Wildman–Crippen LogP) is 4.13. The van der Waals surface area contributed by atoms with Crippen LogP contribution in [0, 0.1) is 17.0 Å². The maximum absolute atomic E-state index is 15.7. The summed E-state index contributed by atoms with van der Waals surface area (Å²) in [5, 5.41) is 2.15. The number of ether oxygens (including phenoxy) is 1. The Morgan fingerprint density at radius 2 is 1.62 bits per heavy atom. The van der Waals surface area contributed by atoms with E-state index in [1.165, 1.54) is 12.1 Å². The summed E-state index contributed by atoms with van der Waals surface area (Å²) in [5.41, 5.74) is -1.78. The summed E-state index contributed by atoms with van der Waals surface area (Å²) in [6.07, 6.45) is 2.33. The Balaban J connectivity index is 1.10. The molecule has 1 atom stereocenters. The van der Waals surface area contributed by atoms with Gasteiger partial charge < -0.3 is 14.5 Å². The molecule has 40 heavy (non-hydrogen) atoms. The van der Waals surface area contributed by atoms with Gasteiger partial charge in [-0.1, -0.05) is 0 Å². The number of rotatable bonds is 4. The molecular weight excluding hydrogens is 525 g/mol. The number of nitrogens with one attached hydrogen (secondary N) is 1. The molecule has 3 aliphatic heterocycles. The number of likely N-dealkylation sites (tertiary alicyclic amines) is 1. The van der Waals surface area contributed by atoms with Crippen molar-refractivity contribution >= 4 is 23.6 Å². The predicted molar refractivity (Wildman–Crippen MR) is 143 cm³/mol. The Bertz CT molecular complexity index is 1140. The van der Waals surface area contributed by atoms with Crippen LogP contribution in [0.3, 0.4) is 0 Å². The number of nitrogens with zero attached hydrogens (tertiary/aromatic N) is 3. The molecule has 3 saturated heterocycles. The molecule has 1 aromatic rings. The zero-order valence-electron chi connectivity index (χ0n) is 23.5. The van der Waals surface area contributed by atoms with Gasteiger partial charge in [0.2, 0.25) is 11.8 Å². The molecule has 8 nitrogen and oxygen atoms in total. The molecule has 3 heterocycles. The Kier molecular flexibility index (Phi) is 7.56. The van der Waals surface area contributed by atoms with Gasteiger partial charge in [-0.3, -0.25) is 19.8 Å². The number of amides is 3. The fourth-order valence-corrected chi connectivity index (χ4v) is 6.87. The van der Waals surface area contributed by atoms with E-state index < -0.39 is 40.6 Å². The lowest BCUT2D eigenvalue weighted by molar-refractivity contribution is -0.134. The summed E-state index contributed by atoms with van der Waals surface area (Å²) in [6, 6.07) is 2.49. The second-order valence-electron chi connectivity index (χ2n) is 13.1. The fourth-order valence-electron chi connectivity index (χ4n) is 6.87. The van der Waals surface area contributed by atoms with E-state index in [2.05, 4.69) is 10.2 Å². The van der Waals surface area contributed by atoms with Crippen LogP contribution in [-0.4, -0.2) is 84.8 Å². The van der Waals surface area contributed by atoms with Crippen molar-refractivity contribution in [2.45, 2.75) is 76.5 Å². The molecule has 1 spiro atoms. The van der Waals surface area contributed by atoms with E-state index in [9.17, 15) is 23.2 Å². The SMILES string of the molecule is CC(C)(C)OC(=O)N1CCC2(CC1)CC(F)(CN1CCN(c3cc(F)c(C4CCC(=O)NC4=O)c(F)c3)CC1)C2. The number of hydrogen-bond acceptors (Lipinski definition) is 6. The number of hydrogen-bond donors (Lipinski definition) is 1. The average molecular weight is 565 g/mol. The first-order valence-corrected chi connectivity index (χ1v) is 14.2. The molecule has 11 heteroatoms. The highest BCUT2D eigenvalue weighted by atomic mass is 19.1. The Labute approximate surface area is 233 Å².